The van der Waals surface area contributed by atoms with Gasteiger partial charge in [0.2, 0.25) is 0 Å². The Labute approximate surface area is 155 Å². The first kappa shape index (κ1) is 18.9. The van der Waals surface area contributed by atoms with E-state index >= 15 is 0 Å². The van der Waals surface area contributed by atoms with Gasteiger partial charge in [-0.3, -0.25) is 14.6 Å². The Kier molecular flexibility index (Phi) is 5.40. The molecule has 1 saturated heterocycles. The van der Waals surface area contributed by atoms with Gasteiger partial charge in [0.05, 0.1) is 23.8 Å². The van der Waals surface area contributed by atoms with Crippen LogP contribution in [0.25, 0.3) is 11.3 Å². The normalized spacial score (nSPS) is 18.9. The minimum absolute atomic E-state index is 0.272. The molecule has 0 radical (unpaired) electrons. The molecule has 9 heteroatoms. The predicted octanol–water partition coefficient (Wildman–Crippen LogP) is 1.59. The monoisotopic (exact) mass is 378 g/mol. The molecule has 2 aromatic heterocycles. The van der Waals surface area contributed by atoms with Crippen molar-refractivity contribution < 1.29 is 8.42 Å². The first-order valence-electron chi connectivity index (χ1n) is 8.80. The van der Waals surface area contributed by atoms with Gasteiger partial charge in [0.25, 0.3) is 10.2 Å². The van der Waals surface area contributed by atoms with E-state index in [1.807, 2.05) is 10.9 Å². The van der Waals surface area contributed by atoms with Crippen molar-refractivity contribution in [2.45, 2.75) is 32.7 Å². The topological polar surface area (TPSA) is 84.2 Å². The van der Waals surface area contributed by atoms with Crippen LogP contribution in [0.15, 0.2) is 24.8 Å². The Balaban J connectivity index is 1.63. The van der Waals surface area contributed by atoms with Crippen molar-refractivity contribution in [3.8, 4) is 11.3 Å². The lowest BCUT2D eigenvalue weighted by molar-refractivity contribution is 0.409. The number of hydrogen-bond acceptors (Lipinski definition) is 5. The van der Waals surface area contributed by atoms with Crippen LogP contribution in [0.4, 0.5) is 0 Å². The Morgan fingerprint density at radius 2 is 2.00 bits per heavy atom. The third kappa shape index (κ3) is 3.94. The smallest absolute Gasteiger partial charge is 0.270 e. The van der Waals surface area contributed by atoms with Crippen molar-refractivity contribution in [3.05, 3.63) is 30.5 Å². The molecule has 142 valence electrons. The van der Waals surface area contributed by atoms with Gasteiger partial charge in [-0.1, -0.05) is 0 Å². The Morgan fingerprint density at radius 1 is 1.23 bits per heavy atom. The SMILES string of the molecule is CC(C)n1cc(-c2cnc(CC3CCN(S(=O)(=O)N(C)C)C3)cn2)cn1. The Hall–Kier alpha value is -1.84. The lowest BCUT2D eigenvalue weighted by atomic mass is 10.0. The molecule has 1 fully saturated rings. The van der Waals surface area contributed by atoms with Crippen molar-refractivity contribution in [2.24, 2.45) is 5.92 Å². The molecular weight excluding hydrogens is 352 g/mol. The molecule has 2 aromatic rings. The molecule has 0 aliphatic carbocycles. The molecule has 0 bridgehead atoms. The van der Waals surface area contributed by atoms with Crippen molar-refractivity contribution >= 4 is 10.2 Å². The van der Waals surface area contributed by atoms with Crippen LogP contribution in [0, 0.1) is 5.92 Å². The number of nitrogens with zero attached hydrogens (tertiary/aromatic N) is 6. The maximum atomic E-state index is 12.2. The van der Waals surface area contributed by atoms with Crippen molar-refractivity contribution in [2.75, 3.05) is 27.2 Å². The van der Waals surface area contributed by atoms with E-state index in [0.717, 1.165) is 29.8 Å². The molecule has 1 aliphatic rings. The number of rotatable bonds is 6. The third-order valence-corrected chi connectivity index (χ3v) is 6.57. The summed E-state index contributed by atoms with van der Waals surface area (Å²) in [5, 5.41) is 4.33. The van der Waals surface area contributed by atoms with Gasteiger partial charge in [-0.25, -0.2) is 0 Å². The molecule has 0 N–H and O–H groups in total. The summed E-state index contributed by atoms with van der Waals surface area (Å²) < 4.78 is 29.1. The van der Waals surface area contributed by atoms with Crippen LogP contribution in [0.5, 0.6) is 0 Å². The first-order chi connectivity index (χ1) is 12.3. The van der Waals surface area contributed by atoms with Gasteiger partial charge in [-0.15, -0.1) is 0 Å². The quantitative estimate of drug-likeness (QED) is 0.762. The fourth-order valence-corrected chi connectivity index (χ4v) is 4.26. The molecule has 3 rings (SSSR count). The van der Waals surface area contributed by atoms with Crippen LogP contribution in [0.3, 0.4) is 0 Å². The summed E-state index contributed by atoms with van der Waals surface area (Å²) in [5.74, 6) is 0.272. The van der Waals surface area contributed by atoms with Gasteiger partial charge >= 0.3 is 0 Å². The van der Waals surface area contributed by atoms with Crippen molar-refractivity contribution in [1.82, 2.24) is 28.4 Å². The van der Waals surface area contributed by atoms with E-state index in [0.29, 0.717) is 19.1 Å². The zero-order chi connectivity index (χ0) is 18.9. The maximum Gasteiger partial charge on any atom is 0.281 e. The van der Waals surface area contributed by atoms with Crippen LogP contribution in [0.2, 0.25) is 0 Å². The molecule has 1 atom stereocenters. The summed E-state index contributed by atoms with van der Waals surface area (Å²) >= 11 is 0. The van der Waals surface area contributed by atoms with Crippen LogP contribution in [-0.2, 0) is 16.6 Å². The van der Waals surface area contributed by atoms with E-state index in [-0.39, 0.29) is 5.92 Å². The average molecular weight is 379 g/mol. The van der Waals surface area contributed by atoms with Crippen LogP contribution < -0.4 is 0 Å². The number of hydrogen-bond donors (Lipinski definition) is 0. The zero-order valence-electron chi connectivity index (χ0n) is 15.7. The first-order valence-corrected chi connectivity index (χ1v) is 10.2. The van der Waals surface area contributed by atoms with Crippen molar-refractivity contribution in [3.63, 3.8) is 0 Å². The lowest BCUT2D eigenvalue weighted by Crippen LogP contribution is -2.38. The van der Waals surface area contributed by atoms with Gasteiger partial charge < -0.3 is 0 Å². The Morgan fingerprint density at radius 3 is 2.58 bits per heavy atom. The lowest BCUT2D eigenvalue weighted by Gasteiger charge is -2.20. The van der Waals surface area contributed by atoms with E-state index in [9.17, 15) is 8.42 Å². The number of aromatic nitrogens is 4. The second-order valence-electron chi connectivity index (χ2n) is 7.20. The highest BCUT2D eigenvalue weighted by molar-refractivity contribution is 7.86. The predicted molar refractivity (Wildman–Crippen MR) is 99.6 cm³/mol. The molecule has 1 unspecified atom stereocenters. The Bertz CT molecular complexity index is 844. The molecule has 26 heavy (non-hydrogen) atoms. The van der Waals surface area contributed by atoms with E-state index in [4.69, 9.17) is 0 Å². The van der Waals surface area contributed by atoms with E-state index in [1.54, 1.807) is 37.0 Å². The summed E-state index contributed by atoms with van der Waals surface area (Å²) in [7, 11) is -0.200. The summed E-state index contributed by atoms with van der Waals surface area (Å²) in [4.78, 5) is 9.02. The summed E-state index contributed by atoms with van der Waals surface area (Å²) in [6, 6.07) is 0.305. The van der Waals surface area contributed by atoms with Gasteiger partial charge in [0.1, 0.15) is 0 Å². The second kappa shape index (κ2) is 7.42. The zero-order valence-corrected chi connectivity index (χ0v) is 16.5. The fourth-order valence-electron chi connectivity index (χ4n) is 3.06. The summed E-state index contributed by atoms with van der Waals surface area (Å²) in [5.41, 5.74) is 2.63. The summed E-state index contributed by atoms with van der Waals surface area (Å²) in [6.07, 6.45) is 8.89. The molecule has 0 amide bonds. The molecule has 0 saturated carbocycles. The molecule has 8 nitrogen and oxygen atoms in total. The highest BCUT2D eigenvalue weighted by atomic mass is 32.2. The molecule has 0 spiro atoms. The third-order valence-electron chi connectivity index (χ3n) is 4.67. The largest absolute Gasteiger partial charge is 0.281 e. The van der Waals surface area contributed by atoms with E-state index < -0.39 is 10.2 Å². The van der Waals surface area contributed by atoms with E-state index in [2.05, 4.69) is 28.9 Å². The van der Waals surface area contributed by atoms with Gasteiger partial charge in [-0.05, 0) is 32.6 Å². The second-order valence-corrected chi connectivity index (χ2v) is 9.35. The van der Waals surface area contributed by atoms with Gasteiger partial charge in [-0.2, -0.15) is 22.1 Å². The highest BCUT2D eigenvalue weighted by Gasteiger charge is 2.32. The average Bonchev–Trinajstić information content (AvgIpc) is 3.25. The van der Waals surface area contributed by atoms with E-state index in [1.165, 1.54) is 4.31 Å². The van der Waals surface area contributed by atoms with Crippen LogP contribution >= 0.6 is 0 Å². The molecule has 1 aliphatic heterocycles. The summed E-state index contributed by atoms with van der Waals surface area (Å²) in [6.45, 7) is 5.25. The van der Waals surface area contributed by atoms with Gasteiger partial charge in [0.15, 0.2) is 0 Å². The van der Waals surface area contributed by atoms with Gasteiger partial charge in [0, 0.05) is 51.2 Å². The highest BCUT2D eigenvalue weighted by Crippen LogP contribution is 2.24. The van der Waals surface area contributed by atoms with Crippen LogP contribution in [0.1, 0.15) is 32.0 Å². The standard InChI is InChI=1S/C17H26N6O2S/c1-13(2)23-12-15(8-20-23)17-10-18-16(9-19-17)7-14-5-6-22(11-14)26(24,25)21(3)4/h8-10,12-14H,5-7,11H2,1-4H3. The van der Waals surface area contributed by atoms with Crippen molar-refractivity contribution in [1.29, 1.82) is 0 Å². The molecule has 3 heterocycles. The fraction of sp³-hybridized carbons (Fsp3) is 0.588. The minimum atomic E-state index is -3.33. The maximum absolute atomic E-state index is 12.2. The molecule has 0 aromatic carbocycles. The van der Waals surface area contributed by atoms with Crippen LogP contribution in [-0.4, -0.2) is 64.0 Å². The molecular formula is C17H26N6O2S. The minimum Gasteiger partial charge on any atom is -0.270 e.